The Morgan fingerprint density at radius 3 is 2.73 bits per heavy atom. The van der Waals surface area contributed by atoms with Crippen LogP contribution < -0.4 is 20.1 Å². The summed E-state index contributed by atoms with van der Waals surface area (Å²) in [7, 11) is 0. The van der Waals surface area contributed by atoms with Crippen molar-refractivity contribution in [3.8, 4) is 27.8 Å². The van der Waals surface area contributed by atoms with Gasteiger partial charge in [0.1, 0.15) is 16.5 Å². The number of fused-ring (bicyclic) bond motifs is 2. The lowest BCUT2D eigenvalue weighted by molar-refractivity contribution is 0.0358. The summed E-state index contributed by atoms with van der Waals surface area (Å²) in [5, 5.41) is 6.65. The van der Waals surface area contributed by atoms with E-state index in [9.17, 15) is 9.59 Å². The number of para-hydroxylation sites is 1. The average Bonchev–Trinajstić information content (AvgIpc) is 3.43. The predicted molar refractivity (Wildman–Crippen MR) is 157 cm³/mol. The first kappa shape index (κ1) is 26.9. The van der Waals surface area contributed by atoms with Gasteiger partial charge in [-0.05, 0) is 61.0 Å². The van der Waals surface area contributed by atoms with Crippen molar-refractivity contribution < 1.29 is 23.8 Å². The molecule has 4 aromatic rings. The number of carbonyl (C=O) groups excluding carboxylic acids is 2. The normalized spacial score (nSPS) is 14.7. The third-order valence-corrected chi connectivity index (χ3v) is 7.96. The highest BCUT2D eigenvalue weighted by Crippen LogP contribution is 2.36. The molecule has 1 saturated heterocycles. The topological polar surface area (TPSA) is 102 Å². The Kier molecular flexibility index (Phi) is 8.22. The molecular formula is C31H30N4O5S. The zero-order valence-electron chi connectivity index (χ0n) is 22.4. The van der Waals surface area contributed by atoms with Crippen LogP contribution in [0.25, 0.3) is 10.6 Å². The summed E-state index contributed by atoms with van der Waals surface area (Å²) in [4.78, 5) is 33.4. The van der Waals surface area contributed by atoms with Crippen molar-refractivity contribution >= 4 is 28.8 Å². The number of aromatic nitrogens is 1. The Bertz CT molecular complexity index is 1530. The molecule has 2 amide bonds. The van der Waals surface area contributed by atoms with Gasteiger partial charge in [0, 0.05) is 41.8 Å². The van der Waals surface area contributed by atoms with Gasteiger partial charge in [-0.3, -0.25) is 14.5 Å². The van der Waals surface area contributed by atoms with Crippen molar-refractivity contribution in [2.45, 2.75) is 13.0 Å². The molecule has 2 aliphatic rings. The summed E-state index contributed by atoms with van der Waals surface area (Å²) >= 11 is 1.53. The minimum atomic E-state index is -0.280. The number of morpholine rings is 1. The molecule has 210 valence electrons. The zero-order chi connectivity index (χ0) is 28.0. The van der Waals surface area contributed by atoms with Crippen LogP contribution in [0.4, 0.5) is 5.69 Å². The van der Waals surface area contributed by atoms with E-state index in [0.29, 0.717) is 41.5 Å². The Labute approximate surface area is 242 Å². The molecule has 2 N–H and O–H groups in total. The van der Waals surface area contributed by atoms with E-state index in [1.54, 1.807) is 42.6 Å². The number of hydrogen-bond acceptors (Lipinski definition) is 8. The van der Waals surface area contributed by atoms with Gasteiger partial charge in [-0.1, -0.05) is 12.1 Å². The smallest absolute Gasteiger partial charge is 0.259 e. The van der Waals surface area contributed by atoms with Gasteiger partial charge in [0.2, 0.25) is 0 Å². The maximum absolute atomic E-state index is 12.9. The molecule has 3 aromatic carbocycles. The average molecular weight is 571 g/mol. The second-order valence-corrected chi connectivity index (χ2v) is 10.9. The minimum Gasteiger partial charge on any atom is -0.494 e. The van der Waals surface area contributed by atoms with E-state index in [1.807, 2.05) is 30.3 Å². The van der Waals surface area contributed by atoms with Crippen molar-refractivity contribution in [1.82, 2.24) is 15.2 Å². The van der Waals surface area contributed by atoms with Gasteiger partial charge in [0.15, 0.2) is 5.75 Å². The summed E-state index contributed by atoms with van der Waals surface area (Å²) in [5.74, 6) is 1.26. The van der Waals surface area contributed by atoms with Crippen molar-refractivity contribution in [3.63, 3.8) is 0 Å². The van der Waals surface area contributed by atoms with E-state index in [-0.39, 0.29) is 11.8 Å². The van der Waals surface area contributed by atoms with E-state index < -0.39 is 0 Å². The molecule has 9 nitrogen and oxygen atoms in total. The van der Waals surface area contributed by atoms with Crippen LogP contribution in [0.5, 0.6) is 17.2 Å². The van der Waals surface area contributed by atoms with Crippen LogP contribution in [0.2, 0.25) is 0 Å². The summed E-state index contributed by atoms with van der Waals surface area (Å²) in [6.07, 6.45) is 2.75. The molecule has 0 saturated carbocycles. The van der Waals surface area contributed by atoms with Crippen LogP contribution in [0.1, 0.15) is 32.0 Å². The first-order valence-electron chi connectivity index (χ1n) is 13.6. The van der Waals surface area contributed by atoms with Gasteiger partial charge in [-0.2, -0.15) is 0 Å². The van der Waals surface area contributed by atoms with Crippen LogP contribution in [0.15, 0.2) is 72.9 Å². The van der Waals surface area contributed by atoms with Crippen molar-refractivity contribution in [3.05, 3.63) is 88.9 Å². The lowest BCUT2D eigenvalue weighted by Gasteiger charge is -2.26. The Morgan fingerprint density at radius 1 is 1.05 bits per heavy atom. The quantitative estimate of drug-likeness (QED) is 0.267. The highest BCUT2D eigenvalue weighted by Gasteiger charge is 2.21. The SMILES string of the molecule is O=C(NCc1cnc(-c2ccc(OCCCN3CCOCC3)cc2)s1)c1ccc2c(c1)NC(=O)c1ccccc1O2. The molecule has 3 heterocycles. The molecule has 10 heteroatoms. The summed E-state index contributed by atoms with van der Waals surface area (Å²) in [5.41, 5.74) is 2.31. The number of nitrogens with one attached hydrogen (secondary N) is 2. The molecule has 0 aliphatic carbocycles. The highest BCUT2D eigenvalue weighted by atomic mass is 32.1. The lowest BCUT2D eigenvalue weighted by atomic mass is 10.1. The Balaban J connectivity index is 1.00. The van der Waals surface area contributed by atoms with Crippen LogP contribution in [0.3, 0.4) is 0 Å². The lowest BCUT2D eigenvalue weighted by Crippen LogP contribution is -2.37. The van der Waals surface area contributed by atoms with E-state index in [2.05, 4.69) is 20.5 Å². The fourth-order valence-electron chi connectivity index (χ4n) is 4.70. The van der Waals surface area contributed by atoms with E-state index in [1.165, 1.54) is 11.3 Å². The molecule has 6 rings (SSSR count). The third kappa shape index (κ3) is 6.57. The second kappa shape index (κ2) is 12.5. The number of nitrogens with zero attached hydrogens (tertiary/aromatic N) is 2. The number of thiazole rings is 1. The first-order chi connectivity index (χ1) is 20.1. The fraction of sp³-hybridized carbons (Fsp3) is 0.258. The number of benzene rings is 3. The standard InChI is InChI=1S/C31H30N4O5S/c36-29(22-8-11-28-26(18-22)34-30(37)25-4-1-2-5-27(25)40-28)32-19-24-20-33-31(41-24)21-6-9-23(10-7-21)39-15-3-12-35-13-16-38-17-14-35/h1-2,4-11,18,20H,3,12-17,19H2,(H,32,36)(H,34,37). The van der Waals surface area contributed by atoms with Gasteiger partial charge in [-0.25, -0.2) is 4.98 Å². The third-order valence-electron chi connectivity index (χ3n) is 6.91. The number of ether oxygens (including phenoxy) is 3. The van der Waals surface area contributed by atoms with Gasteiger partial charge < -0.3 is 24.8 Å². The van der Waals surface area contributed by atoms with E-state index in [0.717, 1.165) is 60.5 Å². The molecule has 0 atom stereocenters. The number of amides is 2. The van der Waals surface area contributed by atoms with E-state index in [4.69, 9.17) is 14.2 Å². The summed E-state index contributed by atoms with van der Waals surface area (Å²) < 4.78 is 17.2. The molecule has 1 aromatic heterocycles. The molecule has 0 unspecified atom stereocenters. The molecule has 0 bridgehead atoms. The van der Waals surface area contributed by atoms with Crippen LogP contribution >= 0.6 is 11.3 Å². The largest absolute Gasteiger partial charge is 0.494 e. The maximum atomic E-state index is 12.9. The first-order valence-corrected chi connectivity index (χ1v) is 14.4. The minimum absolute atomic E-state index is 0.256. The number of carbonyl (C=O) groups is 2. The molecule has 41 heavy (non-hydrogen) atoms. The van der Waals surface area contributed by atoms with Crippen LogP contribution in [-0.4, -0.2) is 61.2 Å². The Hall–Kier alpha value is -4.25. The molecule has 0 radical (unpaired) electrons. The van der Waals surface area contributed by atoms with Crippen molar-refractivity contribution in [2.75, 3.05) is 44.8 Å². The van der Waals surface area contributed by atoms with Crippen molar-refractivity contribution in [1.29, 1.82) is 0 Å². The van der Waals surface area contributed by atoms with Gasteiger partial charge in [-0.15, -0.1) is 11.3 Å². The van der Waals surface area contributed by atoms with Gasteiger partial charge >= 0.3 is 0 Å². The highest BCUT2D eigenvalue weighted by molar-refractivity contribution is 7.15. The molecule has 1 fully saturated rings. The van der Waals surface area contributed by atoms with Crippen molar-refractivity contribution in [2.24, 2.45) is 0 Å². The van der Waals surface area contributed by atoms with Gasteiger partial charge in [0.25, 0.3) is 11.8 Å². The maximum Gasteiger partial charge on any atom is 0.259 e. The van der Waals surface area contributed by atoms with Gasteiger partial charge in [0.05, 0.1) is 37.6 Å². The second-order valence-electron chi connectivity index (χ2n) is 9.76. The number of rotatable bonds is 9. The predicted octanol–water partition coefficient (Wildman–Crippen LogP) is 5.20. The Morgan fingerprint density at radius 2 is 1.88 bits per heavy atom. The fourth-order valence-corrected chi connectivity index (χ4v) is 5.56. The van der Waals surface area contributed by atoms with E-state index >= 15 is 0 Å². The monoisotopic (exact) mass is 570 g/mol. The van der Waals surface area contributed by atoms with Crippen LogP contribution in [0, 0.1) is 0 Å². The summed E-state index contributed by atoms with van der Waals surface area (Å²) in [6.45, 7) is 5.65. The van der Waals surface area contributed by atoms with Crippen LogP contribution in [-0.2, 0) is 11.3 Å². The molecule has 0 spiro atoms. The molecule has 2 aliphatic heterocycles. The number of hydrogen-bond donors (Lipinski definition) is 2. The molecular weight excluding hydrogens is 540 g/mol. The zero-order valence-corrected chi connectivity index (χ0v) is 23.2. The number of anilines is 1. The summed E-state index contributed by atoms with van der Waals surface area (Å²) in [6, 6.07) is 20.0.